The number of carbonyl (C=O) groups excluding carboxylic acids is 1. The summed E-state index contributed by atoms with van der Waals surface area (Å²) in [6.07, 6.45) is -4.60. The van der Waals surface area contributed by atoms with E-state index in [4.69, 9.17) is 4.74 Å². The van der Waals surface area contributed by atoms with Gasteiger partial charge in [0.15, 0.2) is 0 Å². The molecule has 35 heavy (non-hydrogen) atoms. The van der Waals surface area contributed by atoms with Crippen molar-refractivity contribution in [3.63, 3.8) is 0 Å². The van der Waals surface area contributed by atoms with Gasteiger partial charge in [-0.2, -0.15) is 13.2 Å². The van der Waals surface area contributed by atoms with Gasteiger partial charge in [-0.15, -0.1) is 0 Å². The molecule has 0 radical (unpaired) electrons. The number of phenolic OH excluding ortho intramolecular Hbond substituents is 1. The lowest BCUT2D eigenvalue weighted by Crippen LogP contribution is -2.30. The van der Waals surface area contributed by atoms with E-state index in [0.717, 1.165) is 12.1 Å². The van der Waals surface area contributed by atoms with E-state index in [1.54, 1.807) is 43.3 Å². The molecule has 0 unspecified atom stereocenters. The van der Waals surface area contributed by atoms with Gasteiger partial charge in [0.2, 0.25) is 0 Å². The molecule has 4 aromatic rings. The lowest BCUT2D eigenvalue weighted by atomic mass is 9.94. The van der Waals surface area contributed by atoms with E-state index in [-0.39, 0.29) is 34.6 Å². The van der Waals surface area contributed by atoms with Crippen molar-refractivity contribution in [3.05, 3.63) is 88.2 Å². The lowest BCUT2D eigenvalue weighted by Gasteiger charge is -2.18. The van der Waals surface area contributed by atoms with Crippen molar-refractivity contribution in [2.24, 2.45) is 0 Å². The summed E-state index contributed by atoms with van der Waals surface area (Å²) in [6.45, 7) is 1.84. The third-order valence-corrected chi connectivity index (χ3v) is 5.61. The number of aryl methyl sites for hydroxylation is 1. The molecule has 2 N–H and O–H groups in total. The quantitative estimate of drug-likeness (QED) is 0.384. The average molecular weight is 482 g/mol. The van der Waals surface area contributed by atoms with Crippen LogP contribution in [0.4, 0.5) is 18.9 Å². The molecule has 3 aromatic carbocycles. The van der Waals surface area contributed by atoms with Gasteiger partial charge in [0.25, 0.3) is 11.5 Å². The Kier molecular flexibility index (Phi) is 6.26. The summed E-state index contributed by atoms with van der Waals surface area (Å²) in [5.74, 6) is -0.547. The van der Waals surface area contributed by atoms with Crippen LogP contribution in [0.3, 0.4) is 0 Å². The molecule has 0 spiro atoms. The van der Waals surface area contributed by atoms with Crippen molar-refractivity contribution in [2.45, 2.75) is 19.6 Å². The SMILES string of the molecule is CCn1c(=O)c(C(=O)Nc2cccc(C(F)(F)F)c2)c(-c2cccc(OC)c2)c2cccc(O)c21. The van der Waals surface area contributed by atoms with Crippen LogP contribution in [0.15, 0.2) is 71.5 Å². The van der Waals surface area contributed by atoms with E-state index in [1.807, 2.05) is 0 Å². The van der Waals surface area contributed by atoms with Gasteiger partial charge in [-0.1, -0.05) is 30.3 Å². The highest BCUT2D eigenvalue weighted by Crippen LogP contribution is 2.36. The Morgan fingerprint density at radius 1 is 1.06 bits per heavy atom. The van der Waals surface area contributed by atoms with Gasteiger partial charge in [0, 0.05) is 23.2 Å². The monoisotopic (exact) mass is 482 g/mol. The molecule has 0 bridgehead atoms. The number of para-hydroxylation sites is 1. The Balaban J connectivity index is 1.99. The van der Waals surface area contributed by atoms with Crippen molar-refractivity contribution in [1.29, 1.82) is 0 Å². The fraction of sp³-hybridized carbons (Fsp3) is 0.154. The second-order valence-corrected chi connectivity index (χ2v) is 7.74. The van der Waals surface area contributed by atoms with Crippen LogP contribution >= 0.6 is 0 Å². The topological polar surface area (TPSA) is 80.6 Å². The average Bonchev–Trinajstić information content (AvgIpc) is 2.83. The van der Waals surface area contributed by atoms with Gasteiger partial charge in [-0.05, 0) is 48.9 Å². The first-order chi connectivity index (χ1) is 16.7. The summed E-state index contributed by atoms with van der Waals surface area (Å²) >= 11 is 0. The minimum atomic E-state index is -4.60. The minimum Gasteiger partial charge on any atom is -0.506 e. The van der Waals surface area contributed by atoms with Crippen LogP contribution in [0.2, 0.25) is 0 Å². The molecular weight excluding hydrogens is 461 g/mol. The van der Waals surface area contributed by atoms with Crippen LogP contribution in [0.5, 0.6) is 11.5 Å². The number of carbonyl (C=O) groups is 1. The van der Waals surface area contributed by atoms with Crippen LogP contribution < -0.4 is 15.6 Å². The number of ether oxygens (including phenoxy) is 1. The van der Waals surface area contributed by atoms with Crippen molar-refractivity contribution in [2.75, 3.05) is 12.4 Å². The number of aromatic hydroxyl groups is 1. The molecule has 1 amide bonds. The molecule has 1 aromatic heterocycles. The van der Waals surface area contributed by atoms with Gasteiger partial charge in [-0.3, -0.25) is 9.59 Å². The zero-order valence-corrected chi connectivity index (χ0v) is 18.8. The molecule has 0 saturated carbocycles. The van der Waals surface area contributed by atoms with Gasteiger partial charge in [-0.25, -0.2) is 0 Å². The summed E-state index contributed by atoms with van der Waals surface area (Å²) < 4.78 is 46.0. The normalized spacial score (nSPS) is 11.5. The molecule has 0 atom stereocenters. The van der Waals surface area contributed by atoms with E-state index in [0.29, 0.717) is 16.7 Å². The fourth-order valence-electron chi connectivity index (χ4n) is 4.05. The standard InChI is InChI=1S/C26H21F3N2O4/c1-3-31-23-19(11-6-12-20(23)32)21(15-7-4-10-18(13-15)35-2)22(25(31)34)24(33)30-17-9-5-8-16(14-17)26(27,28)29/h4-14,32H,3H2,1-2H3,(H,30,33). The number of nitrogens with one attached hydrogen (secondary N) is 1. The number of rotatable bonds is 5. The smallest absolute Gasteiger partial charge is 0.416 e. The van der Waals surface area contributed by atoms with Gasteiger partial charge in [0.05, 0.1) is 18.2 Å². The minimum absolute atomic E-state index is 0.111. The molecule has 9 heteroatoms. The number of pyridine rings is 1. The van der Waals surface area contributed by atoms with E-state index in [1.165, 1.54) is 29.9 Å². The summed E-state index contributed by atoms with van der Waals surface area (Å²) in [6, 6.07) is 15.5. The third-order valence-electron chi connectivity index (χ3n) is 5.61. The largest absolute Gasteiger partial charge is 0.506 e. The summed E-state index contributed by atoms with van der Waals surface area (Å²) in [7, 11) is 1.47. The molecule has 4 rings (SSSR count). The van der Waals surface area contributed by atoms with E-state index in [9.17, 15) is 27.9 Å². The molecule has 0 aliphatic heterocycles. The number of alkyl halides is 3. The number of aromatic nitrogens is 1. The molecule has 1 heterocycles. The van der Waals surface area contributed by atoms with Crippen LogP contribution in [0.25, 0.3) is 22.0 Å². The van der Waals surface area contributed by atoms with Crippen LogP contribution in [0.1, 0.15) is 22.8 Å². The first kappa shape index (κ1) is 23.9. The number of anilines is 1. The number of hydrogen-bond acceptors (Lipinski definition) is 4. The third kappa shape index (κ3) is 4.44. The molecule has 0 fully saturated rings. The van der Waals surface area contributed by atoms with Gasteiger partial charge >= 0.3 is 6.18 Å². The zero-order valence-electron chi connectivity index (χ0n) is 18.8. The Morgan fingerprint density at radius 2 is 1.77 bits per heavy atom. The maximum Gasteiger partial charge on any atom is 0.416 e. The Labute approximate surface area is 198 Å². The van der Waals surface area contributed by atoms with Crippen molar-refractivity contribution in [1.82, 2.24) is 4.57 Å². The first-order valence-corrected chi connectivity index (χ1v) is 10.7. The van der Waals surface area contributed by atoms with Gasteiger partial charge in [0.1, 0.15) is 17.1 Å². The molecule has 6 nitrogen and oxygen atoms in total. The van der Waals surface area contributed by atoms with Crippen molar-refractivity contribution >= 4 is 22.5 Å². The first-order valence-electron chi connectivity index (χ1n) is 10.7. The lowest BCUT2D eigenvalue weighted by molar-refractivity contribution is -0.137. The fourth-order valence-corrected chi connectivity index (χ4v) is 4.05. The van der Waals surface area contributed by atoms with Crippen LogP contribution in [-0.4, -0.2) is 22.7 Å². The van der Waals surface area contributed by atoms with Crippen LogP contribution in [-0.2, 0) is 12.7 Å². The second-order valence-electron chi connectivity index (χ2n) is 7.74. The van der Waals surface area contributed by atoms with Crippen molar-refractivity contribution < 1.29 is 27.8 Å². The number of hydrogen-bond donors (Lipinski definition) is 2. The second kappa shape index (κ2) is 9.17. The predicted molar refractivity (Wildman–Crippen MR) is 127 cm³/mol. The highest BCUT2D eigenvalue weighted by Gasteiger charge is 2.31. The zero-order chi connectivity index (χ0) is 25.3. The molecule has 0 aliphatic rings. The van der Waals surface area contributed by atoms with Crippen molar-refractivity contribution in [3.8, 4) is 22.6 Å². The molecular formula is C26H21F3N2O4. The van der Waals surface area contributed by atoms with E-state index in [2.05, 4.69) is 5.32 Å². The Bertz CT molecular complexity index is 1490. The highest BCUT2D eigenvalue weighted by atomic mass is 19.4. The van der Waals surface area contributed by atoms with Crippen LogP contribution in [0, 0.1) is 0 Å². The maximum atomic E-state index is 13.6. The number of methoxy groups -OCH3 is 1. The number of nitrogens with zero attached hydrogens (tertiary/aromatic N) is 1. The Hall–Kier alpha value is -4.27. The number of fused-ring (bicyclic) bond motifs is 1. The predicted octanol–water partition coefficient (Wildman–Crippen LogP) is 5.67. The van der Waals surface area contributed by atoms with E-state index >= 15 is 0 Å². The molecule has 180 valence electrons. The summed E-state index contributed by atoms with van der Waals surface area (Å²) in [4.78, 5) is 27.0. The van der Waals surface area contributed by atoms with Gasteiger partial charge < -0.3 is 19.7 Å². The highest BCUT2D eigenvalue weighted by molar-refractivity contribution is 6.14. The molecule has 0 saturated heterocycles. The number of benzene rings is 3. The number of phenols is 1. The Morgan fingerprint density at radius 3 is 2.46 bits per heavy atom. The maximum absolute atomic E-state index is 13.6. The number of halogens is 3. The number of amides is 1. The summed E-state index contributed by atoms with van der Waals surface area (Å²) in [5.41, 5.74) is -1.06. The summed E-state index contributed by atoms with van der Waals surface area (Å²) in [5, 5.41) is 13.4. The van der Waals surface area contributed by atoms with E-state index < -0.39 is 23.2 Å². The molecule has 0 aliphatic carbocycles.